The monoisotopic (exact) mass is 325 g/mol. The lowest BCUT2D eigenvalue weighted by atomic mass is 10.1. The van der Waals surface area contributed by atoms with Gasteiger partial charge in [0, 0.05) is 25.3 Å². The summed E-state index contributed by atoms with van der Waals surface area (Å²) in [6, 6.07) is 5.16. The second-order valence-electron chi connectivity index (χ2n) is 6.00. The quantitative estimate of drug-likeness (QED) is 0.858. The predicted molar refractivity (Wildman–Crippen MR) is 79.8 cm³/mol. The van der Waals surface area contributed by atoms with Crippen LogP contribution in [0.15, 0.2) is 18.2 Å². The zero-order valence-electron chi connectivity index (χ0n) is 13.0. The van der Waals surface area contributed by atoms with Crippen LogP contribution in [0, 0.1) is 17.2 Å². The Labute approximate surface area is 133 Å². The van der Waals surface area contributed by atoms with Crippen molar-refractivity contribution in [1.29, 1.82) is 5.26 Å². The van der Waals surface area contributed by atoms with Gasteiger partial charge >= 0.3 is 6.18 Å². The van der Waals surface area contributed by atoms with Gasteiger partial charge in [-0.1, -0.05) is 13.8 Å². The Morgan fingerprint density at radius 2 is 2.00 bits per heavy atom. The SMILES string of the molecule is CC(C)CN1CCN(c2ccc(C#N)cc2C(F)(F)F)CC1=O. The van der Waals surface area contributed by atoms with Crippen LogP contribution >= 0.6 is 0 Å². The van der Waals surface area contributed by atoms with Gasteiger partial charge in [-0.05, 0) is 24.1 Å². The van der Waals surface area contributed by atoms with E-state index in [9.17, 15) is 18.0 Å². The third kappa shape index (κ3) is 3.95. The number of carbonyl (C=O) groups is 1. The summed E-state index contributed by atoms with van der Waals surface area (Å²) >= 11 is 0. The number of amides is 1. The number of anilines is 1. The molecule has 124 valence electrons. The molecule has 0 N–H and O–H groups in total. The van der Waals surface area contributed by atoms with E-state index in [4.69, 9.17) is 5.26 Å². The maximum atomic E-state index is 13.2. The zero-order chi connectivity index (χ0) is 17.2. The summed E-state index contributed by atoms with van der Waals surface area (Å²) in [4.78, 5) is 15.3. The van der Waals surface area contributed by atoms with E-state index in [1.807, 2.05) is 13.8 Å². The third-order valence-electron chi connectivity index (χ3n) is 3.68. The van der Waals surface area contributed by atoms with E-state index in [1.54, 1.807) is 11.0 Å². The fourth-order valence-corrected chi connectivity index (χ4v) is 2.66. The average Bonchev–Trinajstić information content (AvgIpc) is 2.47. The van der Waals surface area contributed by atoms with E-state index < -0.39 is 11.7 Å². The number of nitriles is 1. The molecule has 7 heteroatoms. The summed E-state index contributed by atoms with van der Waals surface area (Å²) < 4.78 is 39.7. The van der Waals surface area contributed by atoms with Crippen molar-refractivity contribution in [2.75, 3.05) is 31.1 Å². The van der Waals surface area contributed by atoms with E-state index in [1.165, 1.54) is 17.0 Å². The van der Waals surface area contributed by atoms with Gasteiger partial charge in [-0.15, -0.1) is 0 Å². The van der Waals surface area contributed by atoms with Gasteiger partial charge in [-0.25, -0.2) is 0 Å². The first-order valence-electron chi connectivity index (χ1n) is 7.36. The average molecular weight is 325 g/mol. The summed E-state index contributed by atoms with van der Waals surface area (Å²) in [5.41, 5.74) is -0.971. The molecule has 1 aliphatic rings. The van der Waals surface area contributed by atoms with E-state index in [0.29, 0.717) is 25.6 Å². The van der Waals surface area contributed by atoms with Gasteiger partial charge < -0.3 is 9.80 Å². The molecule has 0 aliphatic carbocycles. The molecular formula is C16H18F3N3O. The predicted octanol–water partition coefficient (Wildman–Crippen LogP) is 2.88. The van der Waals surface area contributed by atoms with Gasteiger partial charge in [-0.3, -0.25) is 4.79 Å². The van der Waals surface area contributed by atoms with Gasteiger partial charge in [0.15, 0.2) is 0 Å². The lowest BCUT2D eigenvalue weighted by molar-refractivity contribution is -0.138. The van der Waals surface area contributed by atoms with Crippen molar-refractivity contribution in [3.8, 4) is 6.07 Å². The van der Waals surface area contributed by atoms with Crippen molar-refractivity contribution in [3.63, 3.8) is 0 Å². The van der Waals surface area contributed by atoms with Gasteiger partial charge in [0.2, 0.25) is 5.91 Å². The highest BCUT2D eigenvalue weighted by Gasteiger charge is 2.36. The number of benzene rings is 1. The Bertz CT molecular complexity index is 634. The second kappa shape index (κ2) is 6.49. The molecule has 1 amide bonds. The van der Waals surface area contributed by atoms with E-state index >= 15 is 0 Å². The highest BCUT2D eigenvalue weighted by atomic mass is 19.4. The van der Waals surface area contributed by atoms with Crippen molar-refractivity contribution >= 4 is 11.6 Å². The Kier molecular flexibility index (Phi) is 4.83. The molecule has 1 aromatic carbocycles. The molecule has 1 heterocycles. The van der Waals surface area contributed by atoms with E-state index in [-0.39, 0.29) is 23.7 Å². The second-order valence-corrected chi connectivity index (χ2v) is 6.00. The smallest absolute Gasteiger partial charge is 0.360 e. The van der Waals surface area contributed by atoms with E-state index in [2.05, 4.69) is 0 Å². The topological polar surface area (TPSA) is 47.3 Å². The van der Waals surface area contributed by atoms with Crippen LogP contribution in [0.5, 0.6) is 0 Å². The molecule has 23 heavy (non-hydrogen) atoms. The standard InChI is InChI=1S/C16H18F3N3O/c1-11(2)9-22-6-5-21(10-15(22)23)14-4-3-12(8-20)7-13(14)16(17,18)19/h3-4,7,11H,5-6,9-10H2,1-2H3. The van der Waals surface area contributed by atoms with Crippen molar-refractivity contribution < 1.29 is 18.0 Å². The minimum Gasteiger partial charge on any atom is -0.360 e. The number of carbonyl (C=O) groups excluding carboxylic acids is 1. The van der Waals surface area contributed by atoms with Crippen LogP contribution < -0.4 is 4.90 Å². The van der Waals surface area contributed by atoms with Gasteiger partial charge in [0.25, 0.3) is 0 Å². The number of hydrogen-bond donors (Lipinski definition) is 0. The molecule has 0 atom stereocenters. The van der Waals surface area contributed by atoms with Crippen molar-refractivity contribution in [3.05, 3.63) is 29.3 Å². The minimum absolute atomic E-state index is 0.0472. The number of hydrogen-bond acceptors (Lipinski definition) is 3. The van der Waals surface area contributed by atoms with Crippen LogP contribution in [-0.2, 0) is 11.0 Å². The molecule has 0 radical (unpaired) electrons. The maximum absolute atomic E-state index is 13.2. The summed E-state index contributed by atoms with van der Waals surface area (Å²) in [6.45, 7) is 5.24. The summed E-state index contributed by atoms with van der Waals surface area (Å²) in [6.07, 6.45) is -4.57. The number of nitrogens with zero attached hydrogens (tertiary/aromatic N) is 3. The summed E-state index contributed by atoms with van der Waals surface area (Å²) in [5, 5.41) is 8.80. The third-order valence-corrected chi connectivity index (χ3v) is 3.68. The number of halogens is 3. The molecule has 2 rings (SSSR count). The number of alkyl halides is 3. The lowest BCUT2D eigenvalue weighted by Crippen LogP contribution is -2.51. The molecule has 1 aromatic rings. The minimum atomic E-state index is -4.57. The van der Waals surface area contributed by atoms with Crippen LogP contribution in [0.4, 0.5) is 18.9 Å². The van der Waals surface area contributed by atoms with Gasteiger partial charge in [0.05, 0.1) is 23.7 Å². The first-order valence-corrected chi connectivity index (χ1v) is 7.36. The Morgan fingerprint density at radius 1 is 1.30 bits per heavy atom. The summed E-state index contributed by atoms with van der Waals surface area (Å²) in [5.74, 6) is 0.133. The maximum Gasteiger partial charge on any atom is 0.418 e. The molecular weight excluding hydrogens is 307 g/mol. The lowest BCUT2D eigenvalue weighted by Gasteiger charge is -2.37. The highest BCUT2D eigenvalue weighted by molar-refractivity contribution is 5.83. The van der Waals surface area contributed by atoms with Crippen molar-refractivity contribution in [1.82, 2.24) is 4.90 Å². The molecule has 0 bridgehead atoms. The molecule has 0 unspecified atom stereocenters. The van der Waals surface area contributed by atoms with Crippen LogP contribution in [0.2, 0.25) is 0 Å². The van der Waals surface area contributed by atoms with Crippen LogP contribution in [0.3, 0.4) is 0 Å². The fourth-order valence-electron chi connectivity index (χ4n) is 2.66. The number of rotatable bonds is 3. The van der Waals surface area contributed by atoms with Gasteiger partial charge in [0.1, 0.15) is 0 Å². The van der Waals surface area contributed by atoms with Crippen LogP contribution in [0.25, 0.3) is 0 Å². The van der Waals surface area contributed by atoms with Crippen LogP contribution in [-0.4, -0.2) is 37.0 Å². The van der Waals surface area contributed by atoms with Crippen molar-refractivity contribution in [2.45, 2.75) is 20.0 Å². The summed E-state index contributed by atoms with van der Waals surface area (Å²) in [7, 11) is 0. The molecule has 1 aliphatic heterocycles. The first kappa shape index (κ1) is 17.1. The van der Waals surface area contributed by atoms with Crippen molar-refractivity contribution in [2.24, 2.45) is 5.92 Å². The number of piperazine rings is 1. The molecule has 1 fully saturated rings. The Morgan fingerprint density at radius 3 is 2.52 bits per heavy atom. The molecule has 1 saturated heterocycles. The molecule has 4 nitrogen and oxygen atoms in total. The van der Waals surface area contributed by atoms with Crippen LogP contribution in [0.1, 0.15) is 25.0 Å². The Hall–Kier alpha value is -2.23. The zero-order valence-corrected chi connectivity index (χ0v) is 13.0. The first-order chi connectivity index (χ1) is 10.7. The normalized spacial score (nSPS) is 16.0. The van der Waals surface area contributed by atoms with Gasteiger partial charge in [-0.2, -0.15) is 18.4 Å². The fraction of sp³-hybridized carbons (Fsp3) is 0.500. The largest absolute Gasteiger partial charge is 0.418 e. The Balaban J connectivity index is 2.27. The molecule has 0 spiro atoms. The molecule has 0 aromatic heterocycles. The molecule has 0 saturated carbocycles. The van der Waals surface area contributed by atoms with E-state index in [0.717, 1.165) is 6.07 Å². The highest BCUT2D eigenvalue weighted by Crippen LogP contribution is 2.37.